The van der Waals surface area contributed by atoms with Crippen LogP contribution in [0.25, 0.3) is 0 Å². The van der Waals surface area contributed by atoms with Crippen LogP contribution in [0.1, 0.15) is 116 Å². The number of rotatable bonds is 22. The van der Waals surface area contributed by atoms with Crippen molar-refractivity contribution < 1.29 is 10.2 Å². The Labute approximate surface area is 168 Å². The van der Waals surface area contributed by atoms with E-state index in [4.69, 9.17) is 10.2 Å². The molecule has 0 aliphatic rings. The predicted molar refractivity (Wildman–Crippen MR) is 113 cm³/mol. The average molecular weight is 470 g/mol. The molecule has 2 nitrogen and oxygen atoms in total. The molecule has 0 fully saturated rings. The van der Waals surface area contributed by atoms with Gasteiger partial charge in [0, 0.05) is 0 Å². The third kappa shape index (κ3) is 24.7. The van der Waals surface area contributed by atoms with E-state index in [-0.39, 0.29) is 0 Å². The molecule has 25 heavy (non-hydrogen) atoms. The molecule has 0 aliphatic heterocycles. The SMILES string of the molecule is OCCCCCCCCCCC[Te]CCCCCCCCCCCO. The summed E-state index contributed by atoms with van der Waals surface area (Å²) in [5.74, 6) is 0. The summed E-state index contributed by atoms with van der Waals surface area (Å²) >= 11 is 0.333. The van der Waals surface area contributed by atoms with Crippen LogP contribution in [0, 0.1) is 0 Å². The quantitative estimate of drug-likeness (QED) is 0.140. The maximum absolute atomic E-state index is 8.72. The van der Waals surface area contributed by atoms with Crippen molar-refractivity contribution in [3.8, 4) is 0 Å². The fraction of sp³-hybridized carbons (Fsp3) is 1.00. The molecule has 0 aromatic rings. The Kier molecular flexibility index (Phi) is 25.4. The van der Waals surface area contributed by atoms with E-state index < -0.39 is 0 Å². The maximum atomic E-state index is 8.72. The van der Waals surface area contributed by atoms with Crippen LogP contribution >= 0.6 is 0 Å². The Balaban J connectivity index is 2.94. The van der Waals surface area contributed by atoms with Gasteiger partial charge in [-0.1, -0.05) is 0 Å². The molecule has 0 aliphatic carbocycles. The van der Waals surface area contributed by atoms with E-state index in [1.807, 2.05) is 0 Å². The number of hydrogen-bond acceptors (Lipinski definition) is 2. The molecule has 0 aromatic heterocycles. The van der Waals surface area contributed by atoms with Crippen LogP contribution in [0.15, 0.2) is 0 Å². The molecular weight excluding hydrogens is 424 g/mol. The number of hydrogen-bond donors (Lipinski definition) is 2. The number of unbranched alkanes of at least 4 members (excludes halogenated alkanes) is 16. The van der Waals surface area contributed by atoms with Crippen molar-refractivity contribution in [3.05, 3.63) is 0 Å². The second-order valence-electron chi connectivity index (χ2n) is 7.42. The van der Waals surface area contributed by atoms with E-state index >= 15 is 0 Å². The van der Waals surface area contributed by atoms with Gasteiger partial charge in [-0.25, -0.2) is 0 Å². The van der Waals surface area contributed by atoms with Gasteiger partial charge in [0.1, 0.15) is 0 Å². The third-order valence-electron chi connectivity index (χ3n) is 4.89. The third-order valence-corrected chi connectivity index (χ3v) is 8.19. The summed E-state index contributed by atoms with van der Waals surface area (Å²) in [6.07, 6.45) is 24.3. The molecule has 0 saturated carbocycles. The van der Waals surface area contributed by atoms with Gasteiger partial charge in [0.05, 0.1) is 0 Å². The van der Waals surface area contributed by atoms with Gasteiger partial charge in [-0.3, -0.25) is 0 Å². The van der Waals surface area contributed by atoms with Gasteiger partial charge < -0.3 is 0 Å². The van der Waals surface area contributed by atoms with E-state index in [0.29, 0.717) is 34.1 Å². The van der Waals surface area contributed by atoms with E-state index in [9.17, 15) is 0 Å². The first kappa shape index (κ1) is 25.7. The zero-order valence-corrected chi connectivity index (χ0v) is 19.2. The molecule has 152 valence electrons. The number of aliphatic hydroxyl groups excluding tert-OH is 2. The summed E-state index contributed by atoms with van der Waals surface area (Å²) in [5.41, 5.74) is 0. The van der Waals surface area contributed by atoms with Gasteiger partial charge in [0.15, 0.2) is 0 Å². The van der Waals surface area contributed by atoms with Crippen molar-refractivity contribution in [2.45, 2.75) is 125 Å². The zero-order chi connectivity index (χ0) is 18.3. The van der Waals surface area contributed by atoms with E-state index in [1.54, 1.807) is 8.94 Å². The normalized spacial score (nSPS) is 11.3. The molecule has 0 amide bonds. The van der Waals surface area contributed by atoms with E-state index in [2.05, 4.69) is 0 Å². The van der Waals surface area contributed by atoms with Crippen LogP contribution in [-0.4, -0.2) is 44.3 Å². The van der Waals surface area contributed by atoms with Crippen molar-refractivity contribution in [1.82, 2.24) is 0 Å². The van der Waals surface area contributed by atoms with Crippen molar-refractivity contribution >= 4 is 20.9 Å². The molecule has 0 unspecified atom stereocenters. The minimum absolute atomic E-state index is 0.333. The van der Waals surface area contributed by atoms with Crippen LogP contribution < -0.4 is 0 Å². The second kappa shape index (κ2) is 24.7. The zero-order valence-electron chi connectivity index (χ0n) is 16.9. The standard InChI is InChI=1S/C22H46O2Te/c23-19-15-11-7-3-1-5-9-13-17-21-25-22-18-14-10-6-2-4-8-12-16-20-24/h23-24H,1-22H2. The Bertz CT molecular complexity index is 202. The molecule has 0 aromatic carbocycles. The van der Waals surface area contributed by atoms with Crippen LogP contribution in [0.5, 0.6) is 0 Å². The van der Waals surface area contributed by atoms with E-state index in [1.165, 1.54) is 103 Å². The Morgan fingerprint density at radius 1 is 0.320 bits per heavy atom. The topological polar surface area (TPSA) is 40.5 Å². The molecule has 0 heterocycles. The molecule has 3 heteroatoms. The monoisotopic (exact) mass is 472 g/mol. The first-order valence-electron chi connectivity index (χ1n) is 11.2. The van der Waals surface area contributed by atoms with E-state index in [0.717, 1.165) is 12.8 Å². The summed E-state index contributed by atoms with van der Waals surface area (Å²) < 4.78 is 3.15. The van der Waals surface area contributed by atoms with Gasteiger partial charge in [0.25, 0.3) is 0 Å². The Hall–Kier alpha value is 0.710. The summed E-state index contributed by atoms with van der Waals surface area (Å²) in [6, 6.07) is 0. The van der Waals surface area contributed by atoms with Crippen LogP contribution in [0.3, 0.4) is 0 Å². The van der Waals surface area contributed by atoms with Gasteiger partial charge >= 0.3 is 169 Å². The second-order valence-corrected chi connectivity index (χ2v) is 10.9. The average Bonchev–Trinajstić information content (AvgIpc) is 2.63. The van der Waals surface area contributed by atoms with Gasteiger partial charge in [0.2, 0.25) is 0 Å². The van der Waals surface area contributed by atoms with Crippen LogP contribution in [0.2, 0.25) is 8.94 Å². The fourth-order valence-electron chi connectivity index (χ4n) is 3.21. The number of aliphatic hydroxyl groups is 2. The molecular formula is C22H46O2Te. The Morgan fingerprint density at radius 2 is 0.560 bits per heavy atom. The molecule has 0 spiro atoms. The minimum atomic E-state index is 0.333. The van der Waals surface area contributed by atoms with Gasteiger partial charge in [-0.05, 0) is 0 Å². The molecule has 0 atom stereocenters. The van der Waals surface area contributed by atoms with Crippen LogP contribution in [0.4, 0.5) is 0 Å². The van der Waals surface area contributed by atoms with Gasteiger partial charge in [-0.2, -0.15) is 0 Å². The summed E-state index contributed by atoms with van der Waals surface area (Å²) in [6.45, 7) is 0.742. The van der Waals surface area contributed by atoms with Crippen molar-refractivity contribution in [2.24, 2.45) is 0 Å². The van der Waals surface area contributed by atoms with Crippen LogP contribution in [-0.2, 0) is 0 Å². The first-order valence-corrected chi connectivity index (χ1v) is 14.5. The predicted octanol–water partition coefficient (Wildman–Crippen LogP) is 6.53. The molecule has 0 bridgehead atoms. The molecule has 0 rings (SSSR count). The molecule has 0 radical (unpaired) electrons. The fourth-order valence-corrected chi connectivity index (χ4v) is 6.12. The summed E-state index contributed by atoms with van der Waals surface area (Å²) in [5, 5.41) is 17.4. The van der Waals surface area contributed by atoms with Crippen molar-refractivity contribution in [1.29, 1.82) is 0 Å². The molecule has 2 N–H and O–H groups in total. The first-order chi connectivity index (χ1) is 12.4. The Morgan fingerprint density at radius 3 is 0.840 bits per heavy atom. The molecule has 0 saturated heterocycles. The summed E-state index contributed by atoms with van der Waals surface area (Å²) in [7, 11) is 0. The van der Waals surface area contributed by atoms with Crippen molar-refractivity contribution in [2.75, 3.05) is 13.2 Å². The van der Waals surface area contributed by atoms with Crippen molar-refractivity contribution in [3.63, 3.8) is 0 Å². The summed E-state index contributed by atoms with van der Waals surface area (Å²) in [4.78, 5) is 0. The van der Waals surface area contributed by atoms with Gasteiger partial charge in [-0.15, -0.1) is 0 Å².